The molecule has 8 bridgehead atoms. The van der Waals surface area contributed by atoms with Gasteiger partial charge in [-0.05, 0) is 103 Å². The second kappa shape index (κ2) is 28.9. The van der Waals surface area contributed by atoms with Crippen molar-refractivity contribution in [3.8, 4) is 11.8 Å². The minimum Gasteiger partial charge on any atom is -0.452 e. The van der Waals surface area contributed by atoms with Crippen LogP contribution in [0.3, 0.4) is 0 Å². The van der Waals surface area contributed by atoms with Gasteiger partial charge in [0.15, 0.2) is 28.3 Å². The molecular formula is C64H104N2O12Si3. The van der Waals surface area contributed by atoms with E-state index in [0.29, 0.717) is 85.7 Å². The Balaban J connectivity index is 1.16. The van der Waals surface area contributed by atoms with Crippen LogP contribution < -0.4 is 0 Å². The Hall–Kier alpha value is -3.00. The second-order valence-corrected chi connectivity index (χ2v) is 40.4. The van der Waals surface area contributed by atoms with Crippen molar-refractivity contribution in [2.24, 2.45) is 11.8 Å². The zero-order chi connectivity index (χ0) is 58.9. The first-order valence-corrected chi connectivity index (χ1v) is 38.6. The van der Waals surface area contributed by atoms with E-state index in [0.717, 1.165) is 72.4 Å². The number of oxazole rings is 2. The minimum absolute atomic E-state index is 0.00432. The number of ether oxygens (including phenoxy) is 6. The lowest BCUT2D eigenvalue weighted by Crippen LogP contribution is -2.57. The van der Waals surface area contributed by atoms with Crippen LogP contribution >= 0.6 is 0 Å². The molecule has 4 saturated heterocycles. The van der Waals surface area contributed by atoms with Crippen LogP contribution in [0.4, 0.5) is 0 Å². The van der Waals surface area contributed by atoms with E-state index < -0.39 is 48.9 Å². The molecule has 0 aromatic carbocycles. The van der Waals surface area contributed by atoms with Gasteiger partial charge in [-0.25, -0.2) is 14.8 Å². The van der Waals surface area contributed by atoms with E-state index in [-0.39, 0.29) is 60.7 Å². The molecule has 0 radical (unpaired) electrons. The highest BCUT2D eigenvalue weighted by Crippen LogP contribution is 2.47. The molecule has 0 N–H and O–H groups in total. The first-order valence-electron chi connectivity index (χ1n) is 31.4. The molecule has 454 valence electrons. The van der Waals surface area contributed by atoms with Gasteiger partial charge in [-0.3, -0.25) is 0 Å². The van der Waals surface area contributed by atoms with E-state index in [1.807, 2.05) is 25.2 Å². The lowest BCUT2D eigenvalue weighted by atomic mass is 9.79. The number of esters is 1. The Morgan fingerprint density at radius 3 is 2.15 bits per heavy atom. The van der Waals surface area contributed by atoms with Gasteiger partial charge in [0, 0.05) is 57.0 Å². The van der Waals surface area contributed by atoms with Crippen molar-refractivity contribution >= 4 is 43.1 Å². The topological polar surface area (TPSA) is 152 Å². The fraction of sp³-hybridized carbons (Fsp3) is 0.766. The van der Waals surface area contributed by atoms with Crippen LogP contribution in [0.15, 0.2) is 45.2 Å². The molecule has 0 saturated carbocycles. The maximum Gasteiger partial charge on any atom is 0.384 e. The minimum atomic E-state index is -2.22. The summed E-state index contributed by atoms with van der Waals surface area (Å²) in [6.45, 7) is 38.7. The molecule has 5 aliphatic rings. The van der Waals surface area contributed by atoms with E-state index in [1.54, 1.807) is 19.6 Å². The Kier molecular flexibility index (Phi) is 23.4. The predicted molar refractivity (Wildman–Crippen MR) is 327 cm³/mol. The van der Waals surface area contributed by atoms with Gasteiger partial charge in [-0.1, -0.05) is 121 Å². The molecule has 13 atom stereocenters. The normalized spacial score (nSPS) is 31.6. The van der Waals surface area contributed by atoms with Crippen molar-refractivity contribution in [3.05, 3.63) is 59.5 Å². The highest BCUT2D eigenvalue weighted by Gasteiger charge is 2.51. The molecular weight excluding hydrogens is 1070 g/mol. The van der Waals surface area contributed by atoms with Crippen LogP contribution in [0.5, 0.6) is 0 Å². The molecule has 7 rings (SSSR count). The number of carbonyl (C=O) groups is 1. The quantitative estimate of drug-likeness (QED) is 0.0383. The third kappa shape index (κ3) is 15.9. The largest absolute Gasteiger partial charge is 0.452 e. The number of aromatic nitrogens is 2. The van der Waals surface area contributed by atoms with Crippen molar-refractivity contribution in [3.63, 3.8) is 0 Å². The van der Waals surface area contributed by atoms with Crippen LogP contribution in [0.25, 0.3) is 12.2 Å². The van der Waals surface area contributed by atoms with Crippen LogP contribution in [0, 0.1) is 23.7 Å². The van der Waals surface area contributed by atoms with E-state index in [9.17, 15) is 4.79 Å². The van der Waals surface area contributed by atoms with E-state index in [1.165, 1.54) is 0 Å². The monoisotopic (exact) mass is 1180 g/mol. The third-order valence-electron chi connectivity index (χ3n) is 19.5. The van der Waals surface area contributed by atoms with Crippen molar-refractivity contribution in [1.29, 1.82) is 0 Å². The Morgan fingerprint density at radius 2 is 1.49 bits per heavy atom. The summed E-state index contributed by atoms with van der Waals surface area (Å²) in [5.74, 6) is 5.05. The van der Waals surface area contributed by atoms with E-state index in [2.05, 4.69) is 115 Å². The Labute approximate surface area is 490 Å². The summed E-state index contributed by atoms with van der Waals surface area (Å²) in [5.41, 5.74) is 4.79. The number of rotatable bonds is 21. The molecule has 5 aliphatic heterocycles. The standard InChI is InChI=1S/C64H104N2O12Si3/c1-18-79(19-2,20-3)71-40-55-35-54(68-17)37-64(76-55,78-80(21-4,22-5)23-6)38-60-65-49(39-69-60)32-46(14)62-48(16)63-47(15)57(74-62)27-25-28-59-66-56(41-70-59)58-36-53(77-81(42(7)8,43(9)10)44(11)12)34-52(73-58)33-51-31-45(13)30-50(72-51)26-24-29-61(67)75-63/h25,28,32,39,41-44,47-48,50-55,57-58,62-63H,13,18-23,26-27,30-31,33-38,40H2,1-12,14-17H3/b28-25-,46-32+/t47-,48-,50-,51+,52+,53-,54+,55+,57+,58+,62-,63-,64+/m0/s1. The average Bonchev–Trinajstić information content (AvgIpc) is 4.30. The van der Waals surface area contributed by atoms with E-state index >= 15 is 0 Å². The van der Waals surface area contributed by atoms with Crippen LogP contribution in [-0.2, 0) is 52.9 Å². The van der Waals surface area contributed by atoms with Gasteiger partial charge in [0.25, 0.3) is 0 Å². The zero-order valence-electron chi connectivity index (χ0n) is 52.6. The number of hydrogen-bond donors (Lipinski definition) is 0. The maximum absolute atomic E-state index is 13.8. The Morgan fingerprint density at radius 1 is 0.815 bits per heavy atom. The summed E-state index contributed by atoms with van der Waals surface area (Å²) in [4.78, 5) is 23.9. The van der Waals surface area contributed by atoms with Gasteiger partial charge in [-0.2, -0.15) is 0 Å². The molecule has 81 heavy (non-hydrogen) atoms. The summed E-state index contributed by atoms with van der Waals surface area (Å²) in [7, 11) is -4.54. The highest BCUT2D eigenvalue weighted by atomic mass is 28.4. The van der Waals surface area contributed by atoms with Gasteiger partial charge in [-0.15, -0.1) is 0 Å². The molecule has 2 aromatic heterocycles. The van der Waals surface area contributed by atoms with Gasteiger partial charge >= 0.3 is 5.97 Å². The van der Waals surface area contributed by atoms with Gasteiger partial charge in [0.1, 0.15) is 36.1 Å². The fourth-order valence-corrected chi connectivity index (χ4v) is 25.8. The summed E-state index contributed by atoms with van der Waals surface area (Å²) < 4.78 is 74.7. The first kappa shape index (κ1) is 65.5. The van der Waals surface area contributed by atoms with Gasteiger partial charge < -0.3 is 50.5 Å². The summed E-state index contributed by atoms with van der Waals surface area (Å²) in [6.07, 6.45) is 13.2. The van der Waals surface area contributed by atoms with Crippen molar-refractivity contribution in [2.75, 3.05) is 13.7 Å². The lowest BCUT2D eigenvalue weighted by Gasteiger charge is -2.48. The molecule has 14 nitrogen and oxygen atoms in total. The highest BCUT2D eigenvalue weighted by molar-refractivity contribution is 6.77. The third-order valence-corrected chi connectivity index (χ3v) is 35.0. The SMILES string of the molecule is C=C1C[C@@H]2C[C@@H]3C[C@H](O[Si](C(C)C)(C(C)C)C(C)C)C[C@@H](O3)c3coc(n3)/C=C\C[C@H]3O[C@@H](/C(C)=C/c4coc(C[C@]5(O[Si](CC)(CC)CC)C[C@H](OC)C[C@H](CO[Si](CC)(CC)CC)O5)n4)[C@H](C)[C@@H](OC(=O)C#CC[C@@H](C1)O2)[C@H]3C. The van der Waals surface area contributed by atoms with Crippen molar-refractivity contribution in [1.82, 2.24) is 9.97 Å². The van der Waals surface area contributed by atoms with Crippen molar-refractivity contribution < 1.29 is 55.3 Å². The average molecular weight is 1180 g/mol. The summed E-state index contributed by atoms with van der Waals surface area (Å²) in [6, 6.07) is 6.11. The number of fused-ring (bicyclic) bond motifs is 9. The Bertz CT molecular complexity index is 2430. The molecule has 0 amide bonds. The summed E-state index contributed by atoms with van der Waals surface area (Å²) >= 11 is 0. The molecule has 17 heteroatoms. The van der Waals surface area contributed by atoms with E-state index in [4.69, 9.17) is 60.5 Å². The molecule has 0 aliphatic carbocycles. The lowest BCUT2D eigenvalue weighted by molar-refractivity contribution is -0.269. The molecule has 0 spiro atoms. The van der Waals surface area contributed by atoms with Gasteiger partial charge in [0.2, 0.25) is 14.2 Å². The molecule has 2 aromatic rings. The van der Waals surface area contributed by atoms with Crippen LogP contribution in [0.2, 0.25) is 52.9 Å². The first-order chi connectivity index (χ1) is 38.6. The molecule has 0 unspecified atom stereocenters. The number of hydrogen-bond acceptors (Lipinski definition) is 14. The molecule has 7 heterocycles. The summed E-state index contributed by atoms with van der Waals surface area (Å²) in [5, 5.41) is 0. The maximum atomic E-state index is 13.8. The fourth-order valence-electron chi connectivity index (χ4n) is 14.6. The van der Waals surface area contributed by atoms with Gasteiger partial charge in [0.05, 0.1) is 61.9 Å². The smallest absolute Gasteiger partial charge is 0.384 e. The second-order valence-electron chi connectivity index (χ2n) is 25.6. The van der Waals surface area contributed by atoms with Crippen molar-refractivity contribution in [2.45, 2.75) is 288 Å². The molecule has 4 fully saturated rings. The number of carbonyl (C=O) groups excluding carboxylic acids is 1. The number of nitrogens with zero attached hydrogens (tertiary/aromatic N) is 2. The zero-order valence-corrected chi connectivity index (χ0v) is 55.6. The number of methoxy groups -OCH3 is 1. The van der Waals surface area contributed by atoms with Crippen LogP contribution in [-0.4, -0.2) is 115 Å². The predicted octanol–water partition coefficient (Wildman–Crippen LogP) is 15.3. The van der Waals surface area contributed by atoms with Crippen LogP contribution in [0.1, 0.15) is 191 Å².